The fraction of sp³-hybridized carbons (Fsp3) is 0.294. The number of rotatable bonds is 3. The molecule has 0 saturated carbocycles. The Kier molecular flexibility index (Phi) is 4.15. The van der Waals surface area contributed by atoms with Gasteiger partial charge in [-0.3, -0.25) is 0 Å². The van der Waals surface area contributed by atoms with Crippen LogP contribution in [0.25, 0.3) is 0 Å². The molecule has 0 radical (unpaired) electrons. The first kappa shape index (κ1) is 14.0. The summed E-state index contributed by atoms with van der Waals surface area (Å²) in [6, 6.07) is 14.7. The maximum absolute atomic E-state index is 13.4. The van der Waals surface area contributed by atoms with Crippen LogP contribution in [0, 0.1) is 11.6 Å². The van der Waals surface area contributed by atoms with Crippen molar-refractivity contribution in [2.45, 2.75) is 12.5 Å². The minimum atomic E-state index is -0.797. The van der Waals surface area contributed by atoms with Crippen LogP contribution in [0.2, 0.25) is 0 Å². The SMILES string of the molecule is Fc1ccc(N2CCNC(Cc3ccccc3)C2)cc1F. The molecule has 21 heavy (non-hydrogen) atoms. The molecule has 1 saturated heterocycles. The maximum atomic E-state index is 13.4. The van der Waals surface area contributed by atoms with E-state index in [-0.39, 0.29) is 0 Å². The van der Waals surface area contributed by atoms with Crippen LogP contribution in [0.5, 0.6) is 0 Å². The number of piperazine rings is 1. The minimum Gasteiger partial charge on any atom is -0.369 e. The van der Waals surface area contributed by atoms with Gasteiger partial charge in [-0.1, -0.05) is 30.3 Å². The van der Waals surface area contributed by atoms with Crippen LogP contribution >= 0.6 is 0 Å². The van der Waals surface area contributed by atoms with Crippen molar-refractivity contribution in [3.8, 4) is 0 Å². The van der Waals surface area contributed by atoms with Gasteiger partial charge < -0.3 is 10.2 Å². The Morgan fingerprint density at radius 2 is 1.86 bits per heavy atom. The largest absolute Gasteiger partial charge is 0.369 e. The van der Waals surface area contributed by atoms with Crippen LogP contribution in [-0.2, 0) is 6.42 Å². The quantitative estimate of drug-likeness (QED) is 0.934. The molecule has 3 rings (SSSR count). The van der Waals surface area contributed by atoms with Crippen molar-refractivity contribution in [2.75, 3.05) is 24.5 Å². The summed E-state index contributed by atoms with van der Waals surface area (Å²) in [5.74, 6) is -1.58. The Hall–Kier alpha value is -1.94. The summed E-state index contributed by atoms with van der Waals surface area (Å²) in [4.78, 5) is 2.10. The van der Waals surface area contributed by atoms with E-state index in [1.807, 2.05) is 18.2 Å². The van der Waals surface area contributed by atoms with E-state index in [2.05, 4.69) is 22.3 Å². The second kappa shape index (κ2) is 6.22. The molecule has 0 aliphatic carbocycles. The third-order valence-corrected chi connectivity index (χ3v) is 3.85. The summed E-state index contributed by atoms with van der Waals surface area (Å²) in [5, 5.41) is 3.48. The van der Waals surface area contributed by atoms with Crippen molar-refractivity contribution < 1.29 is 8.78 Å². The summed E-state index contributed by atoms with van der Waals surface area (Å²) in [6.45, 7) is 2.44. The van der Waals surface area contributed by atoms with Gasteiger partial charge in [-0.25, -0.2) is 8.78 Å². The summed E-state index contributed by atoms with van der Waals surface area (Å²) in [7, 11) is 0. The van der Waals surface area contributed by atoms with E-state index in [1.165, 1.54) is 17.7 Å². The molecule has 1 N–H and O–H groups in total. The summed E-state index contributed by atoms with van der Waals surface area (Å²) >= 11 is 0. The normalized spacial score (nSPS) is 18.8. The molecular weight excluding hydrogens is 270 g/mol. The van der Waals surface area contributed by atoms with Crippen molar-refractivity contribution in [1.82, 2.24) is 5.32 Å². The highest BCUT2D eigenvalue weighted by atomic mass is 19.2. The lowest BCUT2D eigenvalue weighted by Crippen LogP contribution is -2.51. The van der Waals surface area contributed by atoms with E-state index in [1.54, 1.807) is 6.07 Å². The van der Waals surface area contributed by atoms with E-state index in [4.69, 9.17) is 0 Å². The fourth-order valence-electron chi connectivity index (χ4n) is 2.78. The molecule has 1 atom stereocenters. The molecule has 1 aliphatic heterocycles. The van der Waals surface area contributed by atoms with Gasteiger partial charge in [-0.15, -0.1) is 0 Å². The van der Waals surface area contributed by atoms with Gasteiger partial charge in [0.15, 0.2) is 11.6 Å². The Balaban J connectivity index is 1.69. The zero-order chi connectivity index (χ0) is 14.7. The molecule has 0 bridgehead atoms. The van der Waals surface area contributed by atoms with E-state index in [9.17, 15) is 8.78 Å². The van der Waals surface area contributed by atoms with Gasteiger partial charge in [-0.05, 0) is 24.1 Å². The van der Waals surface area contributed by atoms with Gasteiger partial charge in [0.05, 0.1) is 0 Å². The van der Waals surface area contributed by atoms with Crippen molar-refractivity contribution in [1.29, 1.82) is 0 Å². The van der Waals surface area contributed by atoms with Crippen LogP contribution in [0.4, 0.5) is 14.5 Å². The first-order valence-electron chi connectivity index (χ1n) is 7.20. The third-order valence-electron chi connectivity index (χ3n) is 3.85. The molecule has 1 aliphatic rings. The summed E-state index contributed by atoms with van der Waals surface area (Å²) in [6.07, 6.45) is 0.932. The maximum Gasteiger partial charge on any atom is 0.160 e. The predicted octanol–water partition coefficient (Wildman–Crippen LogP) is 2.99. The topological polar surface area (TPSA) is 15.3 Å². The average Bonchev–Trinajstić information content (AvgIpc) is 2.51. The number of nitrogens with one attached hydrogen (secondary N) is 1. The van der Waals surface area contributed by atoms with Gasteiger partial charge in [-0.2, -0.15) is 0 Å². The number of halogens is 2. The third kappa shape index (κ3) is 3.39. The molecule has 0 amide bonds. The first-order chi connectivity index (χ1) is 10.2. The second-order valence-electron chi connectivity index (χ2n) is 5.39. The molecule has 2 aromatic carbocycles. The van der Waals surface area contributed by atoms with Crippen molar-refractivity contribution >= 4 is 5.69 Å². The van der Waals surface area contributed by atoms with Crippen LogP contribution in [0.1, 0.15) is 5.56 Å². The Labute approximate surface area is 123 Å². The van der Waals surface area contributed by atoms with Gasteiger partial charge in [0.2, 0.25) is 0 Å². The molecule has 2 aromatic rings. The molecule has 1 unspecified atom stereocenters. The van der Waals surface area contributed by atoms with E-state index in [0.717, 1.165) is 31.7 Å². The van der Waals surface area contributed by atoms with Gasteiger partial charge in [0, 0.05) is 37.4 Å². The van der Waals surface area contributed by atoms with Crippen molar-refractivity contribution in [3.63, 3.8) is 0 Å². The monoisotopic (exact) mass is 288 g/mol. The highest BCUT2D eigenvalue weighted by Crippen LogP contribution is 2.20. The summed E-state index contributed by atoms with van der Waals surface area (Å²) < 4.78 is 26.4. The number of anilines is 1. The van der Waals surface area contributed by atoms with Gasteiger partial charge in [0.25, 0.3) is 0 Å². The zero-order valence-corrected chi connectivity index (χ0v) is 11.7. The van der Waals surface area contributed by atoms with Crippen LogP contribution < -0.4 is 10.2 Å². The highest BCUT2D eigenvalue weighted by molar-refractivity contribution is 5.47. The minimum absolute atomic E-state index is 0.314. The van der Waals surface area contributed by atoms with Crippen LogP contribution in [0.15, 0.2) is 48.5 Å². The molecule has 4 heteroatoms. The summed E-state index contributed by atoms with van der Waals surface area (Å²) in [5.41, 5.74) is 2.02. The molecule has 0 spiro atoms. The zero-order valence-electron chi connectivity index (χ0n) is 11.7. The number of hydrogen-bond acceptors (Lipinski definition) is 2. The Morgan fingerprint density at radius 1 is 1.05 bits per heavy atom. The lowest BCUT2D eigenvalue weighted by molar-refractivity contribution is 0.453. The van der Waals surface area contributed by atoms with Crippen molar-refractivity contribution in [2.24, 2.45) is 0 Å². The molecule has 110 valence electrons. The lowest BCUT2D eigenvalue weighted by atomic mass is 10.0. The molecule has 2 nitrogen and oxygen atoms in total. The smallest absolute Gasteiger partial charge is 0.160 e. The van der Waals surface area contributed by atoms with E-state index >= 15 is 0 Å². The highest BCUT2D eigenvalue weighted by Gasteiger charge is 2.20. The Morgan fingerprint density at radius 3 is 2.62 bits per heavy atom. The molecular formula is C17H18F2N2. The lowest BCUT2D eigenvalue weighted by Gasteiger charge is -2.35. The van der Waals surface area contributed by atoms with E-state index < -0.39 is 11.6 Å². The Bertz CT molecular complexity index is 601. The standard InChI is InChI=1S/C17H18F2N2/c18-16-7-6-15(11-17(16)19)21-9-8-20-14(12-21)10-13-4-2-1-3-5-13/h1-7,11,14,20H,8-10,12H2. The fourth-order valence-corrected chi connectivity index (χ4v) is 2.78. The van der Waals surface area contributed by atoms with Gasteiger partial charge >= 0.3 is 0 Å². The first-order valence-corrected chi connectivity index (χ1v) is 7.20. The number of benzene rings is 2. The van der Waals surface area contributed by atoms with Crippen LogP contribution in [0.3, 0.4) is 0 Å². The molecule has 0 aromatic heterocycles. The average molecular weight is 288 g/mol. The second-order valence-corrected chi connectivity index (χ2v) is 5.39. The predicted molar refractivity (Wildman–Crippen MR) is 80.5 cm³/mol. The molecule has 1 heterocycles. The number of nitrogens with zero attached hydrogens (tertiary/aromatic N) is 1. The van der Waals surface area contributed by atoms with Crippen molar-refractivity contribution in [3.05, 3.63) is 65.7 Å². The molecule has 1 fully saturated rings. The number of hydrogen-bond donors (Lipinski definition) is 1. The van der Waals surface area contributed by atoms with Crippen LogP contribution in [-0.4, -0.2) is 25.7 Å². The van der Waals surface area contributed by atoms with Gasteiger partial charge in [0.1, 0.15) is 0 Å². The van der Waals surface area contributed by atoms with E-state index in [0.29, 0.717) is 6.04 Å².